The van der Waals surface area contributed by atoms with Crippen molar-refractivity contribution in [2.45, 2.75) is 37.8 Å². The second-order valence-electron chi connectivity index (χ2n) is 7.34. The molecule has 2 N–H and O–H groups in total. The Balaban J connectivity index is 1.37. The van der Waals surface area contributed by atoms with Gasteiger partial charge in [-0.05, 0) is 43.5 Å². The van der Waals surface area contributed by atoms with Gasteiger partial charge in [-0.2, -0.15) is 0 Å². The first-order valence-electron chi connectivity index (χ1n) is 9.95. The maximum atomic E-state index is 12.7. The number of carbonyl (C=O) groups is 2. The Morgan fingerprint density at radius 2 is 1.77 bits per heavy atom. The van der Waals surface area contributed by atoms with Crippen LogP contribution < -0.4 is 16.3 Å². The predicted octanol–water partition coefficient (Wildman–Crippen LogP) is 4.08. The molecule has 1 saturated carbocycles. The Hall–Kier alpha value is -3.61. The summed E-state index contributed by atoms with van der Waals surface area (Å²) in [5.74, 6) is -0.478. The smallest absolute Gasteiger partial charge is 0.411 e. The summed E-state index contributed by atoms with van der Waals surface area (Å²) in [6.45, 7) is 0. The highest BCUT2D eigenvalue weighted by Gasteiger charge is 2.27. The highest BCUT2D eigenvalue weighted by molar-refractivity contribution is 5.96. The number of para-hydroxylation sites is 2. The van der Waals surface area contributed by atoms with Crippen LogP contribution in [0.15, 0.2) is 69.9 Å². The number of anilines is 1. The number of fused-ring (bicyclic) bond motifs is 1. The number of hydrogen-bond donors (Lipinski definition) is 2. The van der Waals surface area contributed by atoms with E-state index >= 15 is 0 Å². The maximum absolute atomic E-state index is 12.7. The number of carbonyl (C=O) groups excluding carboxylic acids is 2. The van der Waals surface area contributed by atoms with Gasteiger partial charge < -0.3 is 14.5 Å². The average molecular weight is 406 g/mol. The Labute approximate surface area is 173 Å². The van der Waals surface area contributed by atoms with Crippen LogP contribution in [-0.4, -0.2) is 24.1 Å². The van der Waals surface area contributed by atoms with Crippen LogP contribution in [0.5, 0.6) is 0 Å². The minimum atomic E-state index is -0.669. The van der Waals surface area contributed by atoms with Crippen molar-refractivity contribution >= 4 is 28.7 Å². The van der Waals surface area contributed by atoms with Crippen molar-refractivity contribution in [1.29, 1.82) is 0 Å². The van der Waals surface area contributed by atoms with Gasteiger partial charge in [0.2, 0.25) is 0 Å². The van der Waals surface area contributed by atoms with E-state index in [0.29, 0.717) is 23.1 Å². The van der Waals surface area contributed by atoms with Crippen LogP contribution in [-0.2, 0) is 4.74 Å². The third-order valence-electron chi connectivity index (χ3n) is 5.14. The Bertz CT molecular complexity index is 1110. The summed E-state index contributed by atoms with van der Waals surface area (Å²) >= 11 is 0. The van der Waals surface area contributed by atoms with Crippen molar-refractivity contribution in [3.8, 4) is 0 Å². The van der Waals surface area contributed by atoms with Gasteiger partial charge in [0.05, 0.1) is 0 Å². The molecule has 1 heterocycles. The van der Waals surface area contributed by atoms with Gasteiger partial charge in [0, 0.05) is 23.5 Å². The van der Waals surface area contributed by atoms with Crippen molar-refractivity contribution in [1.82, 2.24) is 5.32 Å². The largest absolute Gasteiger partial charge is 0.446 e. The number of ether oxygens (including phenoxy) is 1. The highest BCUT2D eigenvalue weighted by atomic mass is 16.6. The SMILES string of the molecule is O=C(Nc1ccccc1)O[C@@H]1CCC[C@@H](NC(=O)c2cc3ccccc3oc2=O)C1. The molecule has 7 heteroatoms. The zero-order valence-electron chi connectivity index (χ0n) is 16.3. The number of benzene rings is 2. The van der Waals surface area contributed by atoms with Gasteiger partial charge in [-0.3, -0.25) is 10.1 Å². The molecule has 0 spiro atoms. The molecule has 154 valence electrons. The Morgan fingerprint density at radius 3 is 2.60 bits per heavy atom. The van der Waals surface area contributed by atoms with Gasteiger partial charge in [-0.1, -0.05) is 36.4 Å². The summed E-state index contributed by atoms with van der Waals surface area (Å²) in [5, 5.41) is 6.26. The first-order chi connectivity index (χ1) is 14.6. The van der Waals surface area contributed by atoms with Crippen LogP contribution in [0.2, 0.25) is 0 Å². The zero-order valence-corrected chi connectivity index (χ0v) is 16.3. The van der Waals surface area contributed by atoms with Crippen molar-refractivity contribution < 1.29 is 18.7 Å². The van der Waals surface area contributed by atoms with Crippen LogP contribution in [0, 0.1) is 0 Å². The van der Waals surface area contributed by atoms with Gasteiger partial charge in [-0.15, -0.1) is 0 Å². The van der Waals surface area contributed by atoms with E-state index in [-0.39, 0.29) is 17.7 Å². The molecule has 0 saturated heterocycles. The summed E-state index contributed by atoms with van der Waals surface area (Å²) in [4.78, 5) is 37.0. The van der Waals surface area contributed by atoms with Crippen LogP contribution in [0.1, 0.15) is 36.0 Å². The third kappa shape index (κ3) is 4.68. The van der Waals surface area contributed by atoms with Gasteiger partial charge in [0.15, 0.2) is 0 Å². The zero-order chi connectivity index (χ0) is 20.9. The fourth-order valence-electron chi connectivity index (χ4n) is 3.69. The predicted molar refractivity (Wildman–Crippen MR) is 113 cm³/mol. The first kappa shape index (κ1) is 19.7. The van der Waals surface area contributed by atoms with Crippen LogP contribution in [0.25, 0.3) is 11.0 Å². The van der Waals surface area contributed by atoms with Crippen LogP contribution in [0.4, 0.5) is 10.5 Å². The summed E-state index contributed by atoms with van der Waals surface area (Å²) < 4.78 is 10.8. The quantitative estimate of drug-likeness (QED) is 0.636. The molecule has 0 aliphatic heterocycles. The standard InChI is InChI=1S/C23H22N2O5/c26-21(19-13-15-7-4-5-12-20(15)30-22(19)27)24-17-10-6-11-18(14-17)29-23(28)25-16-8-2-1-3-9-16/h1-5,7-9,12-13,17-18H,6,10-11,14H2,(H,24,26)(H,25,28)/t17-,18-/m1/s1. The number of nitrogens with one attached hydrogen (secondary N) is 2. The molecule has 3 aromatic rings. The van der Waals surface area contributed by atoms with Gasteiger partial charge in [0.25, 0.3) is 5.91 Å². The van der Waals surface area contributed by atoms with E-state index < -0.39 is 17.6 Å². The lowest BCUT2D eigenvalue weighted by Gasteiger charge is -2.29. The maximum Gasteiger partial charge on any atom is 0.411 e. The van der Waals surface area contributed by atoms with Gasteiger partial charge >= 0.3 is 11.7 Å². The number of amides is 2. The molecule has 0 unspecified atom stereocenters. The minimum Gasteiger partial charge on any atom is -0.446 e. The molecule has 2 amide bonds. The number of hydrogen-bond acceptors (Lipinski definition) is 5. The molecule has 30 heavy (non-hydrogen) atoms. The molecule has 7 nitrogen and oxygen atoms in total. The topological polar surface area (TPSA) is 97.6 Å². The first-order valence-corrected chi connectivity index (χ1v) is 9.95. The lowest BCUT2D eigenvalue weighted by molar-refractivity contribution is 0.0711. The van der Waals surface area contributed by atoms with Crippen molar-refractivity contribution in [3.05, 3.63) is 76.6 Å². The molecular weight excluding hydrogens is 384 g/mol. The summed E-state index contributed by atoms with van der Waals surface area (Å²) in [6.07, 6.45) is 1.96. The van der Waals surface area contributed by atoms with E-state index in [0.717, 1.165) is 19.3 Å². The fraction of sp³-hybridized carbons (Fsp3) is 0.261. The van der Waals surface area contributed by atoms with E-state index in [1.165, 1.54) is 0 Å². The molecule has 2 atom stereocenters. The summed E-state index contributed by atoms with van der Waals surface area (Å²) in [5.41, 5.74) is 0.399. The Kier molecular flexibility index (Phi) is 5.79. The normalized spacial score (nSPS) is 18.5. The molecule has 1 fully saturated rings. The second-order valence-corrected chi connectivity index (χ2v) is 7.34. The highest BCUT2D eigenvalue weighted by Crippen LogP contribution is 2.22. The van der Waals surface area contributed by atoms with E-state index in [1.54, 1.807) is 36.4 Å². The molecule has 4 rings (SSSR count). The molecule has 0 radical (unpaired) electrons. The lowest BCUT2D eigenvalue weighted by Crippen LogP contribution is -2.42. The number of rotatable bonds is 4. The van der Waals surface area contributed by atoms with E-state index in [2.05, 4.69) is 10.6 Å². The fourth-order valence-corrected chi connectivity index (χ4v) is 3.69. The molecule has 0 bridgehead atoms. The summed E-state index contributed by atoms with van der Waals surface area (Å²) in [7, 11) is 0. The lowest BCUT2D eigenvalue weighted by atomic mass is 9.92. The van der Waals surface area contributed by atoms with E-state index in [4.69, 9.17) is 9.15 Å². The minimum absolute atomic E-state index is 0.0291. The van der Waals surface area contributed by atoms with Crippen molar-refractivity contribution in [2.24, 2.45) is 0 Å². The second kappa shape index (κ2) is 8.82. The molecule has 1 aromatic heterocycles. The third-order valence-corrected chi connectivity index (χ3v) is 5.14. The van der Waals surface area contributed by atoms with Gasteiger partial charge in [-0.25, -0.2) is 9.59 Å². The monoisotopic (exact) mass is 406 g/mol. The van der Waals surface area contributed by atoms with E-state index in [1.807, 2.05) is 24.3 Å². The van der Waals surface area contributed by atoms with Crippen molar-refractivity contribution in [2.75, 3.05) is 5.32 Å². The van der Waals surface area contributed by atoms with Crippen molar-refractivity contribution in [3.63, 3.8) is 0 Å². The van der Waals surface area contributed by atoms with Gasteiger partial charge in [0.1, 0.15) is 17.3 Å². The summed E-state index contributed by atoms with van der Waals surface area (Å²) in [6, 6.07) is 17.5. The van der Waals surface area contributed by atoms with Crippen LogP contribution in [0.3, 0.4) is 0 Å². The molecule has 1 aliphatic carbocycles. The van der Waals surface area contributed by atoms with E-state index in [9.17, 15) is 14.4 Å². The average Bonchev–Trinajstić information content (AvgIpc) is 2.74. The molecular formula is C23H22N2O5. The molecule has 2 aromatic carbocycles. The Morgan fingerprint density at radius 1 is 1.00 bits per heavy atom. The molecule has 1 aliphatic rings. The van der Waals surface area contributed by atoms with Crippen LogP contribution >= 0.6 is 0 Å².